The van der Waals surface area contributed by atoms with Gasteiger partial charge in [-0.1, -0.05) is 11.3 Å². The Hall–Kier alpha value is -2.67. The van der Waals surface area contributed by atoms with E-state index in [1.165, 1.54) is 11.3 Å². The van der Waals surface area contributed by atoms with E-state index >= 15 is 0 Å². The number of benzene rings is 1. The molecule has 1 atom stereocenters. The Morgan fingerprint density at radius 3 is 2.86 bits per heavy atom. The van der Waals surface area contributed by atoms with Gasteiger partial charge in [0.25, 0.3) is 5.19 Å². The number of carbonyl (C=O) groups is 1. The second-order valence-corrected chi connectivity index (χ2v) is 8.11. The van der Waals surface area contributed by atoms with Crippen LogP contribution in [-0.2, 0) is 11.2 Å². The van der Waals surface area contributed by atoms with Crippen molar-refractivity contribution in [2.24, 2.45) is 10.7 Å². The van der Waals surface area contributed by atoms with Crippen molar-refractivity contribution in [3.63, 3.8) is 0 Å². The number of allylic oxidation sites excluding steroid dienone is 1. The molecule has 1 amide bonds. The van der Waals surface area contributed by atoms with Crippen molar-refractivity contribution in [2.45, 2.75) is 51.6 Å². The third-order valence-electron chi connectivity index (χ3n) is 5.15. The van der Waals surface area contributed by atoms with E-state index in [2.05, 4.69) is 16.9 Å². The molecule has 2 aliphatic rings. The lowest BCUT2D eigenvalue weighted by Crippen LogP contribution is -2.40. The molecule has 0 spiro atoms. The van der Waals surface area contributed by atoms with E-state index in [0.29, 0.717) is 17.0 Å². The maximum absolute atomic E-state index is 12.3. The molecular weight excluding hydrogens is 372 g/mol. The first kappa shape index (κ1) is 18.7. The summed E-state index contributed by atoms with van der Waals surface area (Å²) < 4.78 is 6.23. The summed E-state index contributed by atoms with van der Waals surface area (Å²) in [4.78, 5) is 23.0. The monoisotopic (exact) mass is 396 g/mol. The standard InChI is InChI=1S/C21H24N4O2S/c1-13-3-6-18-19(25(13)14(2)26)8-7-17(15(11-22)12-24-16-4-5-16)20(18)27-21-23-9-10-28-21/h7-13,16H,3-6,22H2,1-2H3/t13-/m0/s1. The predicted molar refractivity (Wildman–Crippen MR) is 113 cm³/mol. The molecule has 1 aromatic heterocycles. The molecule has 1 fully saturated rings. The highest BCUT2D eigenvalue weighted by molar-refractivity contribution is 7.11. The first-order chi connectivity index (χ1) is 13.6. The molecule has 2 aromatic rings. The predicted octanol–water partition coefficient (Wildman–Crippen LogP) is 4.16. The molecule has 1 aliphatic heterocycles. The van der Waals surface area contributed by atoms with Crippen molar-refractivity contribution in [1.29, 1.82) is 0 Å². The number of anilines is 1. The van der Waals surface area contributed by atoms with E-state index in [0.717, 1.165) is 48.1 Å². The van der Waals surface area contributed by atoms with Gasteiger partial charge in [0.15, 0.2) is 0 Å². The Labute approximate surface area is 168 Å². The summed E-state index contributed by atoms with van der Waals surface area (Å²) in [5.74, 6) is 0.746. The van der Waals surface area contributed by atoms with Crippen molar-refractivity contribution in [3.05, 3.63) is 41.0 Å². The van der Waals surface area contributed by atoms with E-state index in [1.807, 2.05) is 28.6 Å². The highest BCUT2D eigenvalue weighted by atomic mass is 32.1. The van der Waals surface area contributed by atoms with E-state index in [4.69, 9.17) is 10.5 Å². The molecule has 1 saturated carbocycles. The van der Waals surface area contributed by atoms with Gasteiger partial charge in [0.1, 0.15) is 5.75 Å². The fourth-order valence-electron chi connectivity index (χ4n) is 3.59. The van der Waals surface area contributed by atoms with Crippen molar-refractivity contribution < 1.29 is 9.53 Å². The van der Waals surface area contributed by atoms with Gasteiger partial charge in [-0.15, -0.1) is 0 Å². The maximum atomic E-state index is 12.3. The normalized spacial score (nSPS) is 19.7. The summed E-state index contributed by atoms with van der Waals surface area (Å²) in [6.07, 6.45) is 9.08. The topological polar surface area (TPSA) is 80.8 Å². The molecular formula is C21H24N4O2S. The van der Waals surface area contributed by atoms with Crippen LogP contribution < -0.4 is 15.4 Å². The minimum absolute atomic E-state index is 0.0336. The third kappa shape index (κ3) is 3.67. The molecule has 0 radical (unpaired) electrons. The van der Waals surface area contributed by atoms with Gasteiger partial charge in [-0.25, -0.2) is 4.98 Å². The van der Waals surface area contributed by atoms with Gasteiger partial charge >= 0.3 is 0 Å². The number of hydrogen-bond donors (Lipinski definition) is 1. The number of carbonyl (C=O) groups excluding carboxylic acids is 1. The molecule has 28 heavy (non-hydrogen) atoms. The largest absolute Gasteiger partial charge is 0.430 e. The van der Waals surface area contributed by atoms with Crippen LogP contribution in [0.15, 0.2) is 34.9 Å². The Balaban J connectivity index is 1.83. The lowest BCUT2D eigenvalue weighted by Gasteiger charge is -2.35. The Morgan fingerprint density at radius 2 is 2.21 bits per heavy atom. The molecule has 2 heterocycles. The van der Waals surface area contributed by atoms with Crippen LogP contribution in [0.3, 0.4) is 0 Å². The van der Waals surface area contributed by atoms with Gasteiger partial charge in [0, 0.05) is 53.7 Å². The molecule has 1 aromatic carbocycles. The average Bonchev–Trinajstić information content (AvgIpc) is 3.36. The number of nitrogens with two attached hydrogens (primary N) is 1. The summed E-state index contributed by atoms with van der Waals surface area (Å²) in [7, 11) is 0. The highest BCUT2D eigenvalue weighted by Gasteiger charge is 2.30. The van der Waals surface area contributed by atoms with Crippen LogP contribution in [0, 0.1) is 0 Å². The van der Waals surface area contributed by atoms with Crippen LogP contribution in [0.25, 0.3) is 5.57 Å². The van der Waals surface area contributed by atoms with E-state index in [1.54, 1.807) is 19.3 Å². The van der Waals surface area contributed by atoms with Gasteiger partial charge in [-0.05, 0) is 44.7 Å². The number of amides is 1. The molecule has 2 N–H and O–H groups in total. The molecule has 146 valence electrons. The molecule has 4 rings (SSSR count). The number of hydrogen-bond acceptors (Lipinski definition) is 6. The van der Waals surface area contributed by atoms with Crippen LogP contribution >= 0.6 is 11.3 Å². The smallest absolute Gasteiger partial charge is 0.278 e. The summed E-state index contributed by atoms with van der Waals surface area (Å²) in [6, 6.07) is 4.52. The zero-order valence-electron chi connectivity index (χ0n) is 16.1. The molecule has 1 aliphatic carbocycles. The highest BCUT2D eigenvalue weighted by Crippen LogP contribution is 2.43. The van der Waals surface area contributed by atoms with Gasteiger partial charge in [0.05, 0.1) is 11.7 Å². The van der Waals surface area contributed by atoms with Crippen LogP contribution in [0.4, 0.5) is 5.69 Å². The molecule has 0 unspecified atom stereocenters. The van der Waals surface area contributed by atoms with Crippen molar-refractivity contribution in [2.75, 3.05) is 4.90 Å². The number of aliphatic imine (C=N–C) groups is 1. The SMILES string of the molecule is CC(=O)N1c2ccc(C(C=NC3CC3)=CN)c(Oc3nccs3)c2CC[C@@H]1C. The summed E-state index contributed by atoms with van der Waals surface area (Å²) >= 11 is 1.43. The number of aromatic nitrogens is 1. The summed E-state index contributed by atoms with van der Waals surface area (Å²) in [5, 5.41) is 2.45. The Bertz CT molecular complexity index is 932. The summed E-state index contributed by atoms with van der Waals surface area (Å²) in [5.41, 5.74) is 9.54. The van der Waals surface area contributed by atoms with Gasteiger partial charge < -0.3 is 15.4 Å². The van der Waals surface area contributed by atoms with Crippen LogP contribution in [0.5, 0.6) is 10.9 Å². The minimum Gasteiger partial charge on any atom is -0.430 e. The third-order valence-corrected chi connectivity index (χ3v) is 5.80. The fourth-order valence-corrected chi connectivity index (χ4v) is 4.08. The molecule has 0 saturated heterocycles. The van der Waals surface area contributed by atoms with E-state index < -0.39 is 0 Å². The second kappa shape index (κ2) is 7.75. The van der Waals surface area contributed by atoms with E-state index in [9.17, 15) is 4.79 Å². The van der Waals surface area contributed by atoms with Gasteiger partial charge in [0.2, 0.25) is 5.91 Å². The number of rotatable bonds is 5. The summed E-state index contributed by atoms with van der Waals surface area (Å²) in [6.45, 7) is 3.68. The quantitative estimate of drug-likeness (QED) is 0.770. The minimum atomic E-state index is 0.0336. The first-order valence-electron chi connectivity index (χ1n) is 9.57. The van der Waals surface area contributed by atoms with Crippen LogP contribution in [-0.4, -0.2) is 29.2 Å². The number of nitrogens with zero attached hydrogens (tertiary/aromatic N) is 3. The molecule has 0 bridgehead atoms. The number of fused-ring (bicyclic) bond motifs is 1. The average molecular weight is 397 g/mol. The van der Waals surface area contributed by atoms with Crippen LogP contribution in [0.2, 0.25) is 0 Å². The van der Waals surface area contributed by atoms with Crippen LogP contribution in [0.1, 0.15) is 44.2 Å². The maximum Gasteiger partial charge on any atom is 0.278 e. The lowest BCUT2D eigenvalue weighted by molar-refractivity contribution is -0.117. The fraction of sp³-hybridized carbons (Fsp3) is 0.381. The number of ether oxygens (including phenoxy) is 1. The molecule has 6 nitrogen and oxygen atoms in total. The molecule has 7 heteroatoms. The zero-order valence-corrected chi connectivity index (χ0v) is 16.9. The van der Waals surface area contributed by atoms with Crippen molar-refractivity contribution in [3.8, 4) is 10.9 Å². The van der Waals surface area contributed by atoms with Gasteiger partial charge in [-0.3, -0.25) is 9.79 Å². The Morgan fingerprint density at radius 1 is 1.39 bits per heavy atom. The Kier molecular flexibility index (Phi) is 5.17. The number of thiazole rings is 1. The zero-order chi connectivity index (χ0) is 19.7. The van der Waals surface area contributed by atoms with E-state index in [-0.39, 0.29) is 11.9 Å². The first-order valence-corrected chi connectivity index (χ1v) is 10.4. The lowest BCUT2D eigenvalue weighted by atomic mass is 9.92. The second-order valence-electron chi connectivity index (χ2n) is 7.25. The van der Waals surface area contributed by atoms with Gasteiger partial charge in [-0.2, -0.15) is 0 Å². The van der Waals surface area contributed by atoms with Crippen molar-refractivity contribution >= 4 is 34.7 Å². The van der Waals surface area contributed by atoms with Crippen molar-refractivity contribution in [1.82, 2.24) is 4.98 Å².